The Morgan fingerprint density at radius 1 is 0.967 bits per heavy atom. The van der Waals surface area contributed by atoms with Crippen molar-refractivity contribution in [3.63, 3.8) is 0 Å². The average molecular weight is 424 g/mol. The van der Waals surface area contributed by atoms with Crippen LogP contribution in [-0.4, -0.2) is 16.7 Å². The van der Waals surface area contributed by atoms with Crippen molar-refractivity contribution in [2.24, 2.45) is 0 Å². The maximum atomic E-state index is 12.6. The maximum Gasteiger partial charge on any atom is 0.270 e. The predicted octanol–water partition coefficient (Wildman–Crippen LogP) is 4.99. The number of halogens is 1. The molecule has 0 bridgehead atoms. The van der Waals surface area contributed by atoms with Crippen molar-refractivity contribution >= 4 is 34.8 Å². The number of rotatable bonds is 6. The van der Waals surface area contributed by atoms with Crippen LogP contribution in [-0.2, 0) is 0 Å². The number of nitrogens with zero attached hydrogens (tertiary/aromatic N) is 1. The summed E-state index contributed by atoms with van der Waals surface area (Å²) in [5.41, 5.74) is 1.66. The maximum absolute atomic E-state index is 12.6. The first kappa shape index (κ1) is 21.0. The summed E-state index contributed by atoms with van der Waals surface area (Å²) in [7, 11) is 0. The number of anilines is 1. The third-order valence-corrected chi connectivity index (χ3v) is 4.76. The van der Waals surface area contributed by atoms with Gasteiger partial charge in [0.2, 0.25) is 0 Å². The second kappa shape index (κ2) is 9.19. The van der Waals surface area contributed by atoms with Gasteiger partial charge in [-0.15, -0.1) is 0 Å². The standard InChI is InChI=1S/C22H18ClN3O4/c1-14(24-22(28)19-13-18(26(29)30)10-11-20(19)23)16-8-5-9-17(12-16)25-21(27)15-6-3-2-4-7-15/h2-14H,1H3,(H,24,28)(H,25,27)/t14-/m1/s1. The lowest BCUT2D eigenvalue weighted by molar-refractivity contribution is -0.384. The molecule has 2 N–H and O–H groups in total. The van der Waals surface area contributed by atoms with Crippen LogP contribution in [0.5, 0.6) is 0 Å². The molecule has 1 atom stereocenters. The van der Waals surface area contributed by atoms with E-state index in [-0.39, 0.29) is 22.2 Å². The van der Waals surface area contributed by atoms with Crippen molar-refractivity contribution in [1.82, 2.24) is 5.32 Å². The molecule has 8 heteroatoms. The van der Waals surface area contributed by atoms with Gasteiger partial charge >= 0.3 is 0 Å². The third kappa shape index (κ3) is 5.01. The van der Waals surface area contributed by atoms with Crippen molar-refractivity contribution in [2.75, 3.05) is 5.32 Å². The molecule has 0 aliphatic rings. The molecular formula is C22H18ClN3O4. The number of hydrogen-bond acceptors (Lipinski definition) is 4. The number of hydrogen-bond donors (Lipinski definition) is 2. The fraction of sp³-hybridized carbons (Fsp3) is 0.0909. The molecule has 0 aromatic heterocycles. The molecular weight excluding hydrogens is 406 g/mol. The molecule has 0 heterocycles. The van der Waals surface area contributed by atoms with Crippen molar-refractivity contribution < 1.29 is 14.5 Å². The van der Waals surface area contributed by atoms with Gasteiger partial charge in [0.25, 0.3) is 17.5 Å². The molecule has 0 unspecified atom stereocenters. The molecule has 0 spiro atoms. The highest BCUT2D eigenvalue weighted by Gasteiger charge is 2.18. The summed E-state index contributed by atoms with van der Waals surface area (Å²) in [6.07, 6.45) is 0. The zero-order valence-electron chi connectivity index (χ0n) is 16.0. The van der Waals surface area contributed by atoms with Crippen molar-refractivity contribution in [2.45, 2.75) is 13.0 Å². The molecule has 3 rings (SSSR count). The number of amides is 2. The summed E-state index contributed by atoms with van der Waals surface area (Å²) in [4.78, 5) is 35.3. The van der Waals surface area contributed by atoms with E-state index in [1.165, 1.54) is 12.1 Å². The van der Waals surface area contributed by atoms with Gasteiger partial charge in [0.1, 0.15) is 0 Å². The van der Waals surface area contributed by atoms with Gasteiger partial charge in [-0.2, -0.15) is 0 Å². The Bertz CT molecular complexity index is 1100. The second-order valence-corrected chi connectivity index (χ2v) is 6.97. The van der Waals surface area contributed by atoms with Gasteiger partial charge in [-0.1, -0.05) is 41.9 Å². The van der Waals surface area contributed by atoms with E-state index >= 15 is 0 Å². The number of benzene rings is 3. The lowest BCUT2D eigenvalue weighted by atomic mass is 10.1. The Labute approximate surface area is 177 Å². The Hall–Kier alpha value is -3.71. The fourth-order valence-corrected chi connectivity index (χ4v) is 3.04. The van der Waals surface area contributed by atoms with Crippen LogP contribution in [0.2, 0.25) is 5.02 Å². The Morgan fingerprint density at radius 2 is 1.70 bits per heavy atom. The molecule has 152 valence electrons. The number of carbonyl (C=O) groups is 2. The number of nitro benzene ring substituents is 1. The highest BCUT2D eigenvalue weighted by atomic mass is 35.5. The van der Waals surface area contributed by atoms with Gasteiger partial charge in [0, 0.05) is 23.4 Å². The van der Waals surface area contributed by atoms with Crippen LogP contribution in [0.4, 0.5) is 11.4 Å². The van der Waals surface area contributed by atoms with E-state index in [1.807, 2.05) is 6.07 Å². The van der Waals surface area contributed by atoms with Crippen molar-refractivity contribution in [3.8, 4) is 0 Å². The summed E-state index contributed by atoms with van der Waals surface area (Å²) in [5, 5.41) is 16.7. The minimum absolute atomic E-state index is 0.0197. The van der Waals surface area contributed by atoms with Gasteiger partial charge in [-0.05, 0) is 42.8 Å². The molecule has 0 aliphatic carbocycles. The number of nitro groups is 1. The highest BCUT2D eigenvalue weighted by molar-refractivity contribution is 6.34. The van der Waals surface area contributed by atoms with Crippen LogP contribution in [0, 0.1) is 10.1 Å². The van der Waals surface area contributed by atoms with Gasteiger partial charge in [-0.25, -0.2) is 0 Å². The predicted molar refractivity (Wildman–Crippen MR) is 115 cm³/mol. The lowest BCUT2D eigenvalue weighted by Gasteiger charge is -2.16. The molecule has 2 amide bonds. The first-order valence-corrected chi connectivity index (χ1v) is 9.44. The molecule has 3 aromatic carbocycles. The summed E-state index contributed by atoms with van der Waals surface area (Å²) < 4.78 is 0. The van der Waals surface area contributed by atoms with Gasteiger partial charge in [0.05, 0.1) is 21.6 Å². The number of non-ortho nitro benzene ring substituents is 1. The molecule has 30 heavy (non-hydrogen) atoms. The Kier molecular flexibility index (Phi) is 6.44. The van der Waals surface area contributed by atoms with Crippen LogP contribution in [0.1, 0.15) is 39.2 Å². The SMILES string of the molecule is C[C@@H](NC(=O)c1cc([N+](=O)[O-])ccc1Cl)c1cccc(NC(=O)c2ccccc2)c1. The highest BCUT2D eigenvalue weighted by Crippen LogP contribution is 2.24. The largest absolute Gasteiger partial charge is 0.345 e. The second-order valence-electron chi connectivity index (χ2n) is 6.56. The van der Waals surface area contributed by atoms with E-state index in [0.717, 1.165) is 11.6 Å². The molecule has 0 radical (unpaired) electrons. The molecule has 0 saturated heterocycles. The smallest absolute Gasteiger partial charge is 0.270 e. The molecule has 7 nitrogen and oxygen atoms in total. The molecule has 0 fully saturated rings. The van der Waals surface area contributed by atoms with Gasteiger partial charge in [-0.3, -0.25) is 19.7 Å². The van der Waals surface area contributed by atoms with Crippen molar-refractivity contribution in [1.29, 1.82) is 0 Å². The van der Waals surface area contributed by atoms with Crippen LogP contribution in [0.15, 0.2) is 72.8 Å². The van der Waals surface area contributed by atoms with Crippen molar-refractivity contribution in [3.05, 3.63) is 105 Å². The van der Waals surface area contributed by atoms with E-state index < -0.39 is 16.9 Å². The fourth-order valence-electron chi connectivity index (χ4n) is 2.84. The topological polar surface area (TPSA) is 101 Å². The lowest BCUT2D eigenvalue weighted by Crippen LogP contribution is -2.27. The molecule has 0 aliphatic heterocycles. The van der Waals surface area contributed by atoms with E-state index in [4.69, 9.17) is 11.6 Å². The normalized spacial score (nSPS) is 11.4. The third-order valence-electron chi connectivity index (χ3n) is 4.43. The minimum atomic E-state index is -0.588. The Balaban J connectivity index is 1.73. The molecule has 3 aromatic rings. The first-order valence-electron chi connectivity index (χ1n) is 9.06. The zero-order valence-corrected chi connectivity index (χ0v) is 16.7. The monoisotopic (exact) mass is 423 g/mol. The number of nitrogens with one attached hydrogen (secondary N) is 2. The summed E-state index contributed by atoms with van der Waals surface area (Å²) in [5.74, 6) is -0.775. The Morgan fingerprint density at radius 3 is 2.40 bits per heavy atom. The summed E-state index contributed by atoms with van der Waals surface area (Å²) in [6, 6.07) is 19.1. The quantitative estimate of drug-likeness (QED) is 0.430. The minimum Gasteiger partial charge on any atom is -0.345 e. The van der Waals surface area contributed by atoms with E-state index in [1.54, 1.807) is 55.5 Å². The average Bonchev–Trinajstić information content (AvgIpc) is 2.74. The zero-order chi connectivity index (χ0) is 21.7. The van der Waals surface area contributed by atoms with Crippen LogP contribution in [0.3, 0.4) is 0 Å². The van der Waals surface area contributed by atoms with Gasteiger partial charge in [0.15, 0.2) is 0 Å². The summed E-state index contributed by atoms with van der Waals surface area (Å²) >= 11 is 6.04. The molecule has 0 saturated carbocycles. The number of carbonyl (C=O) groups excluding carboxylic acids is 2. The van der Waals surface area contributed by atoms with E-state index in [9.17, 15) is 19.7 Å². The van der Waals surface area contributed by atoms with Crippen LogP contribution in [0.25, 0.3) is 0 Å². The summed E-state index contributed by atoms with van der Waals surface area (Å²) in [6.45, 7) is 1.77. The van der Waals surface area contributed by atoms with E-state index in [0.29, 0.717) is 11.3 Å². The first-order chi connectivity index (χ1) is 14.3. The van der Waals surface area contributed by atoms with E-state index in [2.05, 4.69) is 10.6 Å². The van der Waals surface area contributed by atoms with Gasteiger partial charge < -0.3 is 10.6 Å². The van der Waals surface area contributed by atoms with Crippen LogP contribution >= 0.6 is 11.6 Å². The van der Waals surface area contributed by atoms with Crippen LogP contribution < -0.4 is 10.6 Å².